The molecule has 0 aromatic heterocycles. The number of esters is 1. The minimum atomic E-state index is -0.563. The van der Waals surface area contributed by atoms with Gasteiger partial charge in [0.2, 0.25) is 0 Å². The highest BCUT2D eigenvalue weighted by Crippen LogP contribution is 2.39. The quantitative estimate of drug-likeness (QED) is 0.344. The number of carbonyl (C=O) groups is 1. The Morgan fingerprint density at radius 3 is 2.57 bits per heavy atom. The first-order valence-electron chi connectivity index (χ1n) is 6.35. The number of carbonyl (C=O) groups excluding carboxylic acids is 1. The zero-order valence-corrected chi connectivity index (χ0v) is 11.1. The van der Waals surface area contributed by atoms with Crippen LogP contribution in [0.25, 0.3) is 0 Å². The van der Waals surface area contributed by atoms with Gasteiger partial charge in [-0.15, -0.1) is 0 Å². The Labute approximate surface area is 119 Å². The van der Waals surface area contributed by atoms with Crippen LogP contribution in [-0.4, -0.2) is 49.2 Å². The SMILES string of the molecule is CO[C@H]1O[C@@H](COC(=O)c2ccc([N+](=O)[O-])cc2)[C@@H]2O[C@@H]12. The molecule has 4 atom stereocenters. The van der Waals surface area contributed by atoms with Crippen LogP contribution in [0.15, 0.2) is 24.3 Å². The Morgan fingerprint density at radius 2 is 2.00 bits per heavy atom. The van der Waals surface area contributed by atoms with Gasteiger partial charge in [-0.2, -0.15) is 0 Å². The van der Waals surface area contributed by atoms with E-state index in [1.807, 2.05) is 0 Å². The zero-order chi connectivity index (χ0) is 15.0. The summed E-state index contributed by atoms with van der Waals surface area (Å²) in [6.45, 7) is 0.0524. The van der Waals surface area contributed by atoms with E-state index in [9.17, 15) is 14.9 Å². The lowest BCUT2D eigenvalue weighted by Crippen LogP contribution is -2.26. The summed E-state index contributed by atoms with van der Waals surface area (Å²) < 4.78 is 21.0. The molecule has 0 radical (unpaired) electrons. The number of nitro groups is 1. The minimum absolute atomic E-state index is 0.0524. The van der Waals surface area contributed by atoms with E-state index in [0.29, 0.717) is 0 Å². The van der Waals surface area contributed by atoms with E-state index in [1.165, 1.54) is 31.4 Å². The Morgan fingerprint density at radius 1 is 1.29 bits per heavy atom. The molecule has 2 fully saturated rings. The highest BCUT2D eigenvalue weighted by atomic mass is 16.8. The van der Waals surface area contributed by atoms with Crippen molar-refractivity contribution in [2.45, 2.75) is 24.6 Å². The summed E-state index contributed by atoms with van der Waals surface area (Å²) in [6, 6.07) is 5.21. The Bertz CT molecular complexity index is 558. The minimum Gasteiger partial charge on any atom is -0.459 e. The fraction of sp³-hybridized carbons (Fsp3) is 0.462. The summed E-state index contributed by atoms with van der Waals surface area (Å²) in [4.78, 5) is 21.8. The lowest BCUT2D eigenvalue weighted by Gasteiger charge is -2.16. The van der Waals surface area contributed by atoms with Crippen LogP contribution < -0.4 is 0 Å². The number of benzene rings is 1. The molecule has 3 rings (SSSR count). The van der Waals surface area contributed by atoms with Gasteiger partial charge in [-0.05, 0) is 12.1 Å². The van der Waals surface area contributed by atoms with E-state index in [0.717, 1.165) is 0 Å². The molecule has 0 amide bonds. The lowest BCUT2D eigenvalue weighted by molar-refractivity contribution is -0.384. The fourth-order valence-corrected chi connectivity index (χ4v) is 2.27. The largest absolute Gasteiger partial charge is 0.459 e. The van der Waals surface area contributed by atoms with Crippen molar-refractivity contribution >= 4 is 11.7 Å². The Balaban J connectivity index is 1.54. The molecule has 2 heterocycles. The van der Waals surface area contributed by atoms with Gasteiger partial charge in [-0.3, -0.25) is 10.1 Å². The van der Waals surface area contributed by atoms with Gasteiger partial charge in [0.15, 0.2) is 6.29 Å². The molecule has 2 aliphatic heterocycles. The molecule has 1 aromatic rings. The molecule has 0 aliphatic carbocycles. The number of non-ortho nitro benzene ring substituents is 1. The molecule has 0 saturated carbocycles. The molecule has 1 aromatic carbocycles. The summed E-state index contributed by atoms with van der Waals surface area (Å²) >= 11 is 0. The molecule has 21 heavy (non-hydrogen) atoms. The van der Waals surface area contributed by atoms with Gasteiger partial charge < -0.3 is 18.9 Å². The normalized spacial score (nSPS) is 29.8. The number of rotatable bonds is 5. The van der Waals surface area contributed by atoms with Crippen LogP contribution in [0.2, 0.25) is 0 Å². The maximum absolute atomic E-state index is 11.8. The van der Waals surface area contributed by atoms with Crippen molar-refractivity contribution in [1.82, 2.24) is 0 Å². The second kappa shape index (κ2) is 5.40. The number of hydrogen-bond acceptors (Lipinski definition) is 7. The van der Waals surface area contributed by atoms with E-state index in [-0.39, 0.29) is 36.2 Å². The molecule has 0 spiro atoms. The molecule has 0 N–H and O–H groups in total. The average Bonchev–Trinajstić information content (AvgIpc) is 3.21. The van der Waals surface area contributed by atoms with Gasteiger partial charge in [0, 0.05) is 19.2 Å². The summed E-state index contributed by atoms with van der Waals surface area (Å²) in [7, 11) is 1.52. The highest BCUT2D eigenvalue weighted by molar-refractivity contribution is 5.89. The Kier molecular flexibility index (Phi) is 3.58. The molecule has 0 unspecified atom stereocenters. The maximum atomic E-state index is 11.8. The van der Waals surface area contributed by atoms with Crippen LogP contribution in [0, 0.1) is 10.1 Å². The first kappa shape index (κ1) is 13.9. The number of nitro benzene ring substituents is 1. The second-order valence-corrected chi connectivity index (χ2v) is 4.75. The molecular formula is C13H13NO7. The standard InChI is InChI=1S/C13H13NO7/c1-18-13-11-10(21-11)9(20-13)6-19-12(15)7-2-4-8(5-3-7)14(16)17/h2-5,9-11,13H,6H2,1H3/t9-,10-,11+,13-/m0/s1. The smallest absolute Gasteiger partial charge is 0.338 e. The molecular weight excluding hydrogens is 282 g/mol. The average molecular weight is 295 g/mol. The van der Waals surface area contributed by atoms with E-state index in [2.05, 4.69) is 0 Å². The third-order valence-electron chi connectivity index (χ3n) is 3.43. The summed E-state index contributed by atoms with van der Waals surface area (Å²) in [6.07, 6.45) is -0.947. The van der Waals surface area contributed by atoms with Gasteiger partial charge in [-0.1, -0.05) is 0 Å². The van der Waals surface area contributed by atoms with Gasteiger partial charge in [0.1, 0.15) is 24.9 Å². The predicted octanol–water partition coefficient (Wildman–Crippen LogP) is 0.890. The van der Waals surface area contributed by atoms with Crippen LogP contribution >= 0.6 is 0 Å². The first-order valence-corrected chi connectivity index (χ1v) is 6.35. The van der Waals surface area contributed by atoms with Gasteiger partial charge >= 0.3 is 5.97 Å². The van der Waals surface area contributed by atoms with Gasteiger partial charge in [-0.25, -0.2) is 4.79 Å². The third kappa shape index (κ3) is 2.73. The van der Waals surface area contributed by atoms with Crippen molar-refractivity contribution < 1.29 is 28.7 Å². The van der Waals surface area contributed by atoms with E-state index < -0.39 is 17.2 Å². The number of epoxide rings is 1. The van der Waals surface area contributed by atoms with Crippen LogP contribution in [-0.2, 0) is 18.9 Å². The number of nitrogens with zero attached hydrogens (tertiary/aromatic N) is 1. The highest BCUT2D eigenvalue weighted by Gasteiger charge is 2.58. The van der Waals surface area contributed by atoms with Crippen LogP contribution in [0.5, 0.6) is 0 Å². The molecule has 8 nitrogen and oxygen atoms in total. The number of methoxy groups -OCH3 is 1. The maximum Gasteiger partial charge on any atom is 0.338 e. The summed E-state index contributed by atoms with van der Waals surface area (Å²) in [5, 5.41) is 10.5. The van der Waals surface area contributed by atoms with E-state index in [1.54, 1.807) is 0 Å². The predicted molar refractivity (Wildman–Crippen MR) is 67.7 cm³/mol. The van der Waals surface area contributed by atoms with Gasteiger partial charge in [0.25, 0.3) is 5.69 Å². The van der Waals surface area contributed by atoms with Crippen molar-refractivity contribution in [1.29, 1.82) is 0 Å². The zero-order valence-electron chi connectivity index (χ0n) is 11.1. The van der Waals surface area contributed by atoms with Crippen LogP contribution in [0.3, 0.4) is 0 Å². The Hall–Kier alpha value is -2.03. The van der Waals surface area contributed by atoms with Crippen molar-refractivity contribution in [3.05, 3.63) is 39.9 Å². The van der Waals surface area contributed by atoms with E-state index >= 15 is 0 Å². The lowest BCUT2D eigenvalue weighted by atomic mass is 10.2. The van der Waals surface area contributed by atoms with E-state index in [4.69, 9.17) is 18.9 Å². The van der Waals surface area contributed by atoms with Crippen LogP contribution in [0.4, 0.5) is 5.69 Å². The molecule has 2 saturated heterocycles. The van der Waals surface area contributed by atoms with Crippen LogP contribution in [0.1, 0.15) is 10.4 Å². The third-order valence-corrected chi connectivity index (χ3v) is 3.43. The van der Waals surface area contributed by atoms with Crippen molar-refractivity contribution in [3.8, 4) is 0 Å². The summed E-state index contributed by atoms with van der Waals surface area (Å²) in [5.41, 5.74) is 0.165. The molecule has 0 bridgehead atoms. The van der Waals surface area contributed by atoms with Crippen molar-refractivity contribution in [3.63, 3.8) is 0 Å². The van der Waals surface area contributed by atoms with Crippen molar-refractivity contribution in [2.24, 2.45) is 0 Å². The topological polar surface area (TPSA) is 100 Å². The number of hydrogen-bond donors (Lipinski definition) is 0. The van der Waals surface area contributed by atoms with Crippen molar-refractivity contribution in [2.75, 3.05) is 13.7 Å². The molecule has 2 aliphatic rings. The molecule has 8 heteroatoms. The van der Waals surface area contributed by atoms with Gasteiger partial charge in [0.05, 0.1) is 10.5 Å². The second-order valence-electron chi connectivity index (χ2n) is 4.75. The first-order chi connectivity index (χ1) is 10.1. The monoisotopic (exact) mass is 295 g/mol. The number of ether oxygens (including phenoxy) is 4. The fourth-order valence-electron chi connectivity index (χ4n) is 2.27. The molecule has 112 valence electrons. The number of fused-ring (bicyclic) bond motifs is 1. The summed E-state index contributed by atoms with van der Waals surface area (Å²) in [5.74, 6) is -0.563.